The number of nitrogens with one attached hydrogen (secondary N) is 1. The first-order valence-corrected chi connectivity index (χ1v) is 11.0. The van der Waals surface area contributed by atoms with Gasteiger partial charge in [0.05, 0.1) is 30.4 Å². The Morgan fingerprint density at radius 1 is 1.21 bits per heavy atom. The molecule has 0 aliphatic carbocycles. The fourth-order valence-electron chi connectivity index (χ4n) is 4.23. The molecule has 10 heteroatoms. The van der Waals surface area contributed by atoms with E-state index in [0.717, 1.165) is 0 Å². The first-order valence-electron chi connectivity index (χ1n) is 10.6. The maximum Gasteiger partial charge on any atom is 0.449 e. The third kappa shape index (κ3) is 5.42. The Bertz CT molecular complexity index is 1140. The number of fused-ring (bicyclic) bond motifs is 1. The Kier molecular flexibility index (Phi) is 6.81. The number of hydrogen-bond donors (Lipinski definition) is 1. The summed E-state index contributed by atoms with van der Waals surface area (Å²) in [4.78, 5) is 18.3. The van der Waals surface area contributed by atoms with E-state index in [1.165, 1.54) is 11.7 Å². The third-order valence-corrected chi connectivity index (χ3v) is 6.09. The predicted octanol–water partition coefficient (Wildman–Crippen LogP) is 5.07. The minimum absolute atomic E-state index is 0.0658. The molecular weight excluding hydrogens is 457 g/mol. The van der Waals surface area contributed by atoms with Gasteiger partial charge in [0.25, 0.3) is 0 Å². The molecule has 1 aromatic heterocycles. The number of anilines is 1. The van der Waals surface area contributed by atoms with Crippen molar-refractivity contribution in [2.75, 3.05) is 32.1 Å². The molecule has 2 heterocycles. The molecule has 33 heavy (non-hydrogen) atoms. The molecule has 1 N–H and O–H groups in total. The molecular formula is C23H24ClF3N4O2. The van der Waals surface area contributed by atoms with Crippen LogP contribution in [0.3, 0.4) is 0 Å². The molecule has 1 aliphatic rings. The van der Waals surface area contributed by atoms with Crippen LogP contribution in [0.1, 0.15) is 18.7 Å². The molecule has 2 aromatic carbocycles. The molecule has 1 amide bonds. The number of carbonyl (C=O) groups excluding carboxylic acids is 1. The van der Waals surface area contributed by atoms with Crippen LogP contribution >= 0.6 is 11.6 Å². The normalized spacial score (nSPS) is 15.7. The molecule has 0 saturated carbocycles. The summed E-state index contributed by atoms with van der Waals surface area (Å²) in [5, 5.41) is 3.30. The van der Waals surface area contributed by atoms with E-state index in [2.05, 4.69) is 10.3 Å². The predicted molar refractivity (Wildman–Crippen MR) is 121 cm³/mol. The number of ether oxygens (including phenoxy) is 1. The van der Waals surface area contributed by atoms with Crippen LogP contribution < -0.4 is 10.1 Å². The van der Waals surface area contributed by atoms with E-state index >= 15 is 0 Å². The highest BCUT2D eigenvalue weighted by molar-refractivity contribution is 6.31. The maximum atomic E-state index is 13.6. The van der Waals surface area contributed by atoms with Gasteiger partial charge in [0, 0.05) is 11.6 Å². The smallest absolute Gasteiger partial charge is 0.449 e. The van der Waals surface area contributed by atoms with Gasteiger partial charge in [-0.15, -0.1) is 0 Å². The maximum absolute atomic E-state index is 13.6. The number of para-hydroxylation sites is 2. The number of rotatable bonds is 6. The molecule has 0 bridgehead atoms. The fraction of sp³-hybridized carbons (Fsp3) is 0.391. The van der Waals surface area contributed by atoms with Gasteiger partial charge in [-0.3, -0.25) is 9.69 Å². The van der Waals surface area contributed by atoms with E-state index in [4.69, 9.17) is 16.3 Å². The molecule has 176 valence electrons. The number of carbonyl (C=O) groups is 1. The van der Waals surface area contributed by atoms with Gasteiger partial charge in [0.1, 0.15) is 5.75 Å². The number of methoxy groups -OCH3 is 1. The minimum Gasteiger partial charge on any atom is -0.495 e. The van der Waals surface area contributed by atoms with Crippen molar-refractivity contribution in [3.63, 3.8) is 0 Å². The Hall–Kier alpha value is -2.78. The zero-order chi connectivity index (χ0) is 23.6. The lowest BCUT2D eigenvalue weighted by atomic mass is 9.96. The van der Waals surface area contributed by atoms with E-state index in [1.54, 1.807) is 42.5 Å². The number of halogens is 4. The highest BCUT2D eigenvalue weighted by Crippen LogP contribution is 2.33. The number of likely N-dealkylation sites (tertiary alicyclic amines) is 1. The Morgan fingerprint density at radius 2 is 1.94 bits per heavy atom. The van der Waals surface area contributed by atoms with Gasteiger partial charge in [-0.1, -0.05) is 23.7 Å². The SMILES string of the molecule is COc1ccc(Cl)cc1NC(=O)CN1CCC(Cn2c(C(F)(F)F)nc3ccccc32)CC1. The van der Waals surface area contributed by atoms with Gasteiger partial charge in [-0.05, 0) is 62.2 Å². The number of piperidine rings is 1. The lowest BCUT2D eigenvalue weighted by Crippen LogP contribution is -2.40. The number of imidazole rings is 1. The standard InChI is InChI=1S/C23H24ClF3N4O2/c1-33-20-7-6-16(24)12-18(20)28-21(32)14-30-10-8-15(9-11-30)13-31-19-5-3-2-4-17(19)29-22(31)23(25,26)27/h2-7,12,15H,8-11,13-14H2,1H3,(H,28,32). The largest absolute Gasteiger partial charge is 0.495 e. The van der Waals surface area contributed by atoms with Gasteiger partial charge >= 0.3 is 6.18 Å². The summed E-state index contributed by atoms with van der Waals surface area (Å²) in [7, 11) is 1.51. The number of amides is 1. The summed E-state index contributed by atoms with van der Waals surface area (Å²) in [5.41, 5.74) is 1.33. The molecule has 4 rings (SSSR count). The third-order valence-electron chi connectivity index (χ3n) is 5.86. The number of nitrogens with zero attached hydrogens (tertiary/aromatic N) is 3. The topological polar surface area (TPSA) is 59.4 Å². The van der Waals surface area contributed by atoms with Crippen LogP contribution in [-0.4, -0.2) is 47.1 Å². The lowest BCUT2D eigenvalue weighted by Gasteiger charge is -2.32. The summed E-state index contributed by atoms with van der Waals surface area (Å²) in [6, 6.07) is 11.6. The summed E-state index contributed by atoms with van der Waals surface area (Å²) in [6.45, 7) is 1.68. The van der Waals surface area contributed by atoms with Crippen molar-refractivity contribution < 1.29 is 22.7 Å². The van der Waals surface area contributed by atoms with Gasteiger partial charge < -0.3 is 14.6 Å². The molecule has 0 radical (unpaired) electrons. The van der Waals surface area contributed by atoms with E-state index in [1.807, 2.05) is 4.90 Å². The fourth-order valence-corrected chi connectivity index (χ4v) is 4.40. The van der Waals surface area contributed by atoms with Crippen molar-refractivity contribution in [1.29, 1.82) is 0 Å². The van der Waals surface area contributed by atoms with Crippen molar-refractivity contribution in [2.24, 2.45) is 5.92 Å². The van der Waals surface area contributed by atoms with Crippen molar-refractivity contribution in [3.8, 4) is 5.75 Å². The molecule has 0 unspecified atom stereocenters. The second kappa shape index (κ2) is 9.61. The molecule has 1 fully saturated rings. The van der Waals surface area contributed by atoms with Gasteiger partial charge in [0.2, 0.25) is 11.7 Å². The van der Waals surface area contributed by atoms with Gasteiger partial charge in [-0.25, -0.2) is 4.98 Å². The van der Waals surface area contributed by atoms with Crippen LogP contribution in [-0.2, 0) is 17.5 Å². The van der Waals surface area contributed by atoms with E-state index in [9.17, 15) is 18.0 Å². The Balaban J connectivity index is 1.36. The van der Waals surface area contributed by atoms with Crippen molar-refractivity contribution in [1.82, 2.24) is 14.5 Å². The van der Waals surface area contributed by atoms with Crippen LogP contribution in [0.2, 0.25) is 5.02 Å². The summed E-state index contributed by atoms with van der Waals surface area (Å²) in [5.74, 6) is -0.481. The number of benzene rings is 2. The second-order valence-corrected chi connectivity index (χ2v) is 8.58. The van der Waals surface area contributed by atoms with Crippen LogP contribution in [0.15, 0.2) is 42.5 Å². The quantitative estimate of drug-likeness (QED) is 0.535. The van der Waals surface area contributed by atoms with Crippen LogP contribution in [0.25, 0.3) is 11.0 Å². The van der Waals surface area contributed by atoms with Crippen LogP contribution in [0.5, 0.6) is 5.75 Å². The molecule has 0 spiro atoms. The zero-order valence-electron chi connectivity index (χ0n) is 18.0. The van der Waals surface area contributed by atoms with Crippen molar-refractivity contribution in [3.05, 3.63) is 53.3 Å². The molecule has 6 nitrogen and oxygen atoms in total. The van der Waals surface area contributed by atoms with Gasteiger partial charge in [0.15, 0.2) is 0 Å². The van der Waals surface area contributed by atoms with Crippen LogP contribution in [0, 0.1) is 5.92 Å². The summed E-state index contributed by atoms with van der Waals surface area (Å²) >= 11 is 6.00. The lowest BCUT2D eigenvalue weighted by molar-refractivity contribution is -0.147. The Labute approximate surface area is 194 Å². The zero-order valence-corrected chi connectivity index (χ0v) is 18.8. The first kappa shape index (κ1) is 23.4. The average Bonchev–Trinajstić information content (AvgIpc) is 3.14. The first-order chi connectivity index (χ1) is 15.7. The van der Waals surface area contributed by atoms with Crippen molar-refractivity contribution >= 4 is 34.2 Å². The van der Waals surface area contributed by atoms with Gasteiger partial charge in [-0.2, -0.15) is 13.2 Å². The summed E-state index contributed by atoms with van der Waals surface area (Å²) in [6.07, 6.45) is -3.13. The number of aromatic nitrogens is 2. The number of hydrogen-bond acceptors (Lipinski definition) is 4. The molecule has 0 atom stereocenters. The highest BCUT2D eigenvalue weighted by Gasteiger charge is 2.38. The summed E-state index contributed by atoms with van der Waals surface area (Å²) < 4.78 is 47.2. The highest BCUT2D eigenvalue weighted by atomic mass is 35.5. The van der Waals surface area contributed by atoms with E-state index in [0.29, 0.717) is 53.4 Å². The van der Waals surface area contributed by atoms with Crippen LogP contribution in [0.4, 0.5) is 18.9 Å². The average molecular weight is 481 g/mol. The Morgan fingerprint density at radius 3 is 2.64 bits per heavy atom. The second-order valence-electron chi connectivity index (χ2n) is 8.14. The van der Waals surface area contributed by atoms with E-state index in [-0.39, 0.29) is 24.9 Å². The van der Waals surface area contributed by atoms with E-state index < -0.39 is 12.0 Å². The monoisotopic (exact) mass is 480 g/mol. The molecule has 1 saturated heterocycles. The number of alkyl halides is 3. The molecule has 3 aromatic rings. The molecule has 1 aliphatic heterocycles. The van der Waals surface area contributed by atoms with Crippen molar-refractivity contribution in [2.45, 2.75) is 25.6 Å². The minimum atomic E-state index is -4.51.